The number of carbonyl (C=O) groups is 1. The summed E-state index contributed by atoms with van der Waals surface area (Å²) in [7, 11) is 0. The molecule has 3 heteroatoms. The van der Waals surface area contributed by atoms with Crippen molar-refractivity contribution in [3.05, 3.63) is 201 Å². The third kappa shape index (κ3) is 7.58. The molecule has 4 unspecified atom stereocenters. The molecule has 0 aromatic heterocycles. The van der Waals surface area contributed by atoms with E-state index >= 15 is 0 Å². The topological polar surface area (TPSA) is 41.1 Å². The van der Waals surface area contributed by atoms with Crippen LogP contribution in [0.2, 0.25) is 0 Å². The minimum absolute atomic E-state index is 0.0647. The molecule has 50 heavy (non-hydrogen) atoms. The van der Waals surface area contributed by atoms with Gasteiger partial charge in [0.2, 0.25) is 0 Å². The number of rotatable bonds is 10. The summed E-state index contributed by atoms with van der Waals surface area (Å²) < 4.78 is 0. The zero-order chi connectivity index (χ0) is 35.2. The van der Waals surface area contributed by atoms with Crippen LogP contribution in [0.4, 0.5) is 16.2 Å². The fourth-order valence-corrected chi connectivity index (χ4v) is 7.28. The van der Waals surface area contributed by atoms with E-state index in [1.807, 2.05) is 24.3 Å². The van der Waals surface area contributed by atoms with Gasteiger partial charge in [0.25, 0.3) is 0 Å². The summed E-state index contributed by atoms with van der Waals surface area (Å²) in [6, 6.07) is 50.8. The Morgan fingerprint density at radius 2 is 0.620 bits per heavy atom. The lowest BCUT2D eigenvalue weighted by molar-refractivity contribution is 0.262. The lowest BCUT2D eigenvalue weighted by Gasteiger charge is -2.27. The Bertz CT molecular complexity index is 1760. The molecule has 6 aromatic rings. The summed E-state index contributed by atoms with van der Waals surface area (Å²) in [5.74, 6) is 0.259. The smallest absolute Gasteiger partial charge is 0.307 e. The van der Waals surface area contributed by atoms with Gasteiger partial charge in [0.15, 0.2) is 0 Å². The van der Waals surface area contributed by atoms with Crippen LogP contribution in [0.25, 0.3) is 0 Å². The SMILES string of the molecule is Cc1cc(C(C)c2ccccc2)c(NC(=O)Nc2c(C(C)c3ccccc3)cc(C)cc2C(C)c2ccccc2)c(C(C)c2ccccc2)c1. The maximum atomic E-state index is 14.6. The first-order valence-electron chi connectivity index (χ1n) is 17.8. The first-order chi connectivity index (χ1) is 24.2. The molecule has 0 saturated carbocycles. The lowest BCUT2D eigenvalue weighted by atomic mass is 9.83. The van der Waals surface area contributed by atoms with Crippen LogP contribution in [-0.4, -0.2) is 6.03 Å². The molecule has 0 spiro atoms. The van der Waals surface area contributed by atoms with E-state index in [9.17, 15) is 4.79 Å². The van der Waals surface area contributed by atoms with Gasteiger partial charge in [0, 0.05) is 23.7 Å². The maximum Gasteiger partial charge on any atom is 0.323 e. The summed E-state index contributed by atoms with van der Waals surface area (Å²) in [4.78, 5) is 14.6. The van der Waals surface area contributed by atoms with Crippen molar-refractivity contribution in [2.45, 2.75) is 65.2 Å². The monoisotopic (exact) mass is 656 g/mol. The highest BCUT2D eigenvalue weighted by Crippen LogP contribution is 2.41. The highest BCUT2D eigenvalue weighted by atomic mass is 16.2. The van der Waals surface area contributed by atoms with E-state index < -0.39 is 0 Å². The van der Waals surface area contributed by atoms with Crippen molar-refractivity contribution >= 4 is 17.4 Å². The van der Waals surface area contributed by atoms with E-state index in [0.717, 1.165) is 33.6 Å². The van der Waals surface area contributed by atoms with Crippen LogP contribution in [-0.2, 0) is 0 Å². The maximum absolute atomic E-state index is 14.6. The van der Waals surface area contributed by atoms with Crippen LogP contribution in [0.15, 0.2) is 146 Å². The van der Waals surface area contributed by atoms with E-state index in [1.54, 1.807) is 0 Å². The molecule has 4 atom stereocenters. The van der Waals surface area contributed by atoms with Gasteiger partial charge in [-0.05, 0) is 58.4 Å². The molecule has 6 aromatic carbocycles. The summed E-state index contributed by atoms with van der Waals surface area (Å²) in [6.45, 7) is 13.2. The normalized spacial score (nSPS) is 13.6. The molecule has 2 N–H and O–H groups in total. The molecule has 0 fully saturated rings. The van der Waals surface area contributed by atoms with Crippen LogP contribution in [0.3, 0.4) is 0 Å². The largest absolute Gasteiger partial charge is 0.323 e. The van der Waals surface area contributed by atoms with Crippen molar-refractivity contribution in [1.29, 1.82) is 0 Å². The summed E-state index contributed by atoms with van der Waals surface area (Å²) >= 11 is 0. The van der Waals surface area contributed by atoms with Crippen LogP contribution >= 0.6 is 0 Å². The van der Waals surface area contributed by atoms with Crippen molar-refractivity contribution in [2.24, 2.45) is 0 Å². The van der Waals surface area contributed by atoms with Gasteiger partial charge in [-0.15, -0.1) is 0 Å². The van der Waals surface area contributed by atoms with Crippen LogP contribution in [0.1, 0.15) is 107 Å². The molecule has 0 aliphatic carbocycles. The predicted molar refractivity (Wildman–Crippen MR) is 211 cm³/mol. The van der Waals surface area contributed by atoms with E-state index in [1.165, 1.54) is 33.4 Å². The molecular formula is C47H48N2O. The summed E-state index contributed by atoms with van der Waals surface area (Å²) in [5, 5.41) is 6.87. The summed E-state index contributed by atoms with van der Waals surface area (Å²) in [6.07, 6.45) is 0. The van der Waals surface area contributed by atoms with Gasteiger partial charge in [0.1, 0.15) is 0 Å². The molecular weight excluding hydrogens is 609 g/mol. The van der Waals surface area contributed by atoms with Crippen LogP contribution < -0.4 is 10.6 Å². The first kappa shape index (κ1) is 34.5. The molecule has 0 saturated heterocycles. The Kier molecular flexibility index (Phi) is 10.6. The van der Waals surface area contributed by atoms with Crippen LogP contribution in [0, 0.1) is 13.8 Å². The number of anilines is 2. The van der Waals surface area contributed by atoms with Gasteiger partial charge >= 0.3 is 6.03 Å². The Hall–Kier alpha value is -5.41. The third-order valence-corrected chi connectivity index (χ3v) is 10.2. The molecule has 0 heterocycles. The van der Waals surface area contributed by atoms with E-state index in [2.05, 4.69) is 174 Å². The van der Waals surface area contributed by atoms with Gasteiger partial charge in [-0.3, -0.25) is 0 Å². The fourth-order valence-electron chi connectivity index (χ4n) is 7.28. The lowest BCUT2D eigenvalue weighted by Crippen LogP contribution is -2.24. The Morgan fingerprint density at radius 1 is 0.400 bits per heavy atom. The summed E-state index contributed by atoms with van der Waals surface area (Å²) in [5.41, 5.74) is 13.3. The van der Waals surface area contributed by atoms with Gasteiger partial charge in [-0.25, -0.2) is 4.79 Å². The number of hydrogen-bond acceptors (Lipinski definition) is 1. The average Bonchev–Trinajstić information content (AvgIpc) is 3.16. The van der Waals surface area contributed by atoms with Gasteiger partial charge < -0.3 is 10.6 Å². The molecule has 0 aliphatic rings. The van der Waals surface area contributed by atoms with Gasteiger partial charge in [-0.1, -0.05) is 184 Å². The van der Waals surface area contributed by atoms with E-state index in [0.29, 0.717) is 0 Å². The zero-order valence-corrected chi connectivity index (χ0v) is 30.1. The average molecular weight is 657 g/mol. The van der Waals surface area contributed by atoms with Gasteiger partial charge in [-0.2, -0.15) is 0 Å². The molecule has 2 amide bonds. The third-order valence-electron chi connectivity index (χ3n) is 10.2. The van der Waals surface area contributed by atoms with Crippen LogP contribution in [0.5, 0.6) is 0 Å². The number of carbonyl (C=O) groups excluding carboxylic acids is 1. The molecule has 0 radical (unpaired) electrons. The Balaban J connectivity index is 1.46. The molecule has 6 rings (SSSR count). The van der Waals surface area contributed by atoms with E-state index in [-0.39, 0.29) is 29.7 Å². The van der Waals surface area contributed by atoms with Crippen molar-refractivity contribution < 1.29 is 4.79 Å². The first-order valence-corrected chi connectivity index (χ1v) is 17.8. The number of urea groups is 1. The van der Waals surface area contributed by atoms with Crippen molar-refractivity contribution in [3.8, 4) is 0 Å². The standard InChI is InChI=1S/C47H48N2O/c1-31-27-41(33(3)37-19-11-7-12-20-37)45(42(28-31)34(4)38-21-13-8-14-22-38)48-47(50)49-46-43(35(5)39-23-15-9-16-24-39)29-32(2)30-44(46)36(6)40-25-17-10-18-26-40/h7-30,33-36H,1-6H3,(H2,48,49,50). The fraction of sp³-hybridized carbons (Fsp3) is 0.213. The molecule has 3 nitrogen and oxygen atoms in total. The van der Waals surface area contributed by atoms with Gasteiger partial charge in [0.05, 0.1) is 11.4 Å². The highest BCUT2D eigenvalue weighted by Gasteiger charge is 2.25. The number of benzene rings is 6. The number of amides is 2. The number of hydrogen-bond donors (Lipinski definition) is 2. The second-order valence-electron chi connectivity index (χ2n) is 13.7. The predicted octanol–water partition coefficient (Wildman–Crippen LogP) is 12.6. The molecule has 0 bridgehead atoms. The highest BCUT2D eigenvalue weighted by molar-refractivity contribution is 6.02. The quantitative estimate of drug-likeness (QED) is 0.151. The second kappa shape index (κ2) is 15.4. The second-order valence-corrected chi connectivity index (χ2v) is 13.7. The number of aryl methyl sites for hydroxylation is 2. The Labute approximate surface area is 298 Å². The van der Waals surface area contributed by atoms with Crippen molar-refractivity contribution in [1.82, 2.24) is 0 Å². The molecule has 0 aliphatic heterocycles. The minimum atomic E-state index is -0.247. The van der Waals surface area contributed by atoms with Crippen molar-refractivity contribution in [3.63, 3.8) is 0 Å². The molecule has 252 valence electrons. The minimum Gasteiger partial charge on any atom is -0.307 e. The Morgan fingerprint density at radius 3 is 0.840 bits per heavy atom. The van der Waals surface area contributed by atoms with E-state index in [4.69, 9.17) is 0 Å². The van der Waals surface area contributed by atoms with Crippen molar-refractivity contribution in [2.75, 3.05) is 10.6 Å². The number of nitrogens with one attached hydrogen (secondary N) is 2. The zero-order valence-electron chi connectivity index (χ0n) is 30.1.